The summed E-state index contributed by atoms with van der Waals surface area (Å²) >= 11 is 7.10. The van der Waals surface area contributed by atoms with Crippen LogP contribution in [0.1, 0.15) is 18.4 Å². The fourth-order valence-corrected chi connectivity index (χ4v) is 3.62. The normalized spacial score (nSPS) is 11.1. The van der Waals surface area contributed by atoms with E-state index in [1.807, 2.05) is 35.8 Å². The second-order valence-corrected chi connectivity index (χ2v) is 7.27. The summed E-state index contributed by atoms with van der Waals surface area (Å²) in [5.74, 6) is 0.922. The number of furan rings is 1. The Bertz CT molecular complexity index is 1080. The average molecular weight is 416 g/mol. The van der Waals surface area contributed by atoms with Crippen LogP contribution in [-0.4, -0.2) is 24.7 Å². The first-order chi connectivity index (χ1) is 13.7. The van der Waals surface area contributed by atoms with Gasteiger partial charge in [0.1, 0.15) is 17.1 Å². The Hall–Kier alpha value is -2.71. The van der Waals surface area contributed by atoms with Crippen LogP contribution < -0.4 is 0 Å². The summed E-state index contributed by atoms with van der Waals surface area (Å²) in [7, 11) is 0. The average Bonchev–Trinajstić information content (AvgIpc) is 3.35. The highest BCUT2D eigenvalue weighted by Crippen LogP contribution is 2.31. The zero-order chi connectivity index (χ0) is 19.5. The van der Waals surface area contributed by atoms with Crippen molar-refractivity contribution in [2.24, 2.45) is 0 Å². The highest BCUT2D eigenvalue weighted by atomic mass is 35.5. The molecule has 4 aromatic rings. The quantitative estimate of drug-likeness (QED) is 0.418. The van der Waals surface area contributed by atoms with Crippen molar-refractivity contribution in [1.29, 1.82) is 0 Å². The molecule has 3 aromatic heterocycles. The van der Waals surface area contributed by atoms with Crippen molar-refractivity contribution < 1.29 is 8.81 Å². The van der Waals surface area contributed by atoms with Crippen molar-refractivity contribution in [2.75, 3.05) is 0 Å². The summed E-state index contributed by atoms with van der Waals surface area (Å²) in [6, 6.07) is 11.0. The summed E-state index contributed by atoms with van der Waals surface area (Å²) in [6.45, 7) is 2.24. The summed E-state index contributed by atoms with van der Waals surface area (Å²) in [4.78, 5) is 8.04. The molecule has 6 nitrogen and oxygen atoms in total. The summed E-state index contributed by atoms with van der Waals surface area (Å²) in [5.41, 5.74) is 1.21. The van der Waals surface area contributed by atoms with Crippen molar-refractivity contribution in [1.82, 2.24) is 24.7 Å². The summed E-state index contributed by atoms with van der Waals surface area (Å²) in [6.07, 6.45) is 3.45. The second kappa shape index (κ2) is 8.12. The minimum absolute atomic E-state index is 0.211. The number of aromatic nitrogens is 5. The van der Waals surface area contributed by atoms with Crippen LogP contribution in [0.15, 0.2) is 63.6 Å². The van der Waals surface area contributed by atoms with Crippen molar-refractivity contribution >= 4 is 23.4 Å². The molecule has 142 valence electrons. The molecule has 0 fully saturated rings. The number of hydrogen-bond donors (Lipinski definition) is 0. The van der Waals surface area contributed by atoms with Crippen LogP contribution in [0.3, 0.4) is 0 Å². The molecule has 0 N–H and O–H groups in total. The summed E-state index contributed by atoms with van der Waals surface area (Å²) in [5, 5.41) is 9.91. The van der Waals surface area contributed by atoms with Gasteiger partial charge in [0.25, 0.3) is 0 Å². The summed E-state index contributed by atoms with van der Waals surface area (Å²) < 4.78 is 21.9. The monoisotopic (exact) mass is 415 g/mol. The molecule has 1 aromatic carbocycles. The van der Waals surface area contributed by atoms with Gasteiger partial charge in [0.05, 0.1) is 18.5 Å². The third-order valence-corrected chi connectivity index (χ3v) is 5.28. The molecule has 0 saturated heterocycles. The molecule has 0 aliphatic carbocycles. The van der Waals surface area contributed by atoms with Gasteiger partial charge in [-0.15, -0.1) is 10.2 Å². The smallest absolute Gasteiger partial charge is 0.198 e. The molecule has 0 radical (unpaired) electrons. The van der Waals surface area contributed by atoms with Crippen molar-refractivity contribution in [3.05, 3.63) is 71.3 Å². The van der Waals surface area contributed by atoms with Gasteiger partial charge in [0.2, 0.25) is 0 Å². The number of nitrogens with zero attached hydrogens (tertiary/aromatic N) is 5. The van der Waals surface area contributed by atoms with Gasteiger partial charge in [-0.1, -0.05) is 18.5 Å². The third kappa shape index (κ3) is 3.79. The zero-order valence-corrected chi connectivity index (χ0v) is 16.4. The first-order valence-corrected chi connectivity index (χ1v) is 9.74. The first-order valence-electron chi connectivity index (χ1n) is 8.54. The van der Waals surface area contributed by atoms with Gasteiger partial charge in [0.15, 0.2) is 16.8 Å². The Morgan fingerprint density at radius 2 is 1.96 bits per heavy atom. The molecule has 0 spiro atoms. The van der Waals surface area contributed by atoms with Gasteiger partial charge < -0.3 is 4.42 Å². The Kier molecular flexibility index (Phi) is 5.40. The lowest BCUT2D eigenvalue weighted by Crippen LogP contribution is -2.04. The zero-order valence-electron chi connectivity index (χ0n) is 14.8. The van der Waals surface area contributed by atoms with Crippen LogP contribution in [0, 0.1) is 5.82 Å². The number of aryl methyl sites for hydroxylation is 1. The maximum atomic E-state index is 14.6. The molecular weight excluding hydrogens is 401 g/mol. The molecule has 0 aliphatic rings. The van der Waals surface area contributed by atoms with Crippen LogP contribution in [-0.2, 0) is 13.0 Å². The highest BCUT2D eigenvalue weighted by Gasteiger charge is 2.19. The molecule has 4 rings (SSSR count). The van der Waals surface area contributed by atoms with Crippen LogP contribution in [0.4, 0.5) is 4.39 Å². The van der Waals surface area contributed by atoms with E-state index in [9.17, 15) is 4.39 Å². The number of benzene rings is 1. The molecule has 0 aliphatic heterocycles. The maximum Gasteiger partial charge on any atom is 0.198 e. The number of rotatable bonds is 6. The standard InChI is InChI=1S/C19H15ClFN5OS/c1-2-15-16(21)18(23-11-22-15)28-19-25-24-17(12-5-7-13(20)8-6-12)26(19)10-14-4-3-9-27-14/h3-9,11H,2,10H2,1H3. The van der Waals surface area contributed by atoms with E-state index in [0.29, 0.717) is 34.7 Å². The van der Waals surface area contributed by atoms with Crippen LogP contribution in [0.5, 0.6) is 0 Å². The fraction of sp³-hybridized carbons (Fsp3) is 0.158. The predicted molar refractivity (Wildman–Crippen MR) is 104 cm³/mol. The fourth-order valence-electron chi connectivity index (χ4n) is 2.67. The van der Waals surface area contributed by atoms with E-state index in [-0.39, 0.29) is 5.03 Å². The molecular formula is C19H15ClFN5OS. The van der Waals surface area contributed by atoms with E-state index in [4.69, 9.17) is 16.0 Å². The molecule has 9 heteroatoms. The topological polar surface area (TPSA) is 69.6 Å². The van der Waals surface area contributed by atoms with E-state index in [2.05, 4.69) is 20.2 Å². The molecule has 0 unspecified atom stereocenters. The van der Waals surface area contributed by atoms with Crippen LogP contribution >= 0.6 is 23.4 Å². The molecule has 0 bridgehead atoms. The van der Waals surface area contributed by atoms with Crippen LogP contribution in [0.2, 0.25) is 5.02 Å². The maximum absolute atomic E-state index is 14.6. The van der Waals surface area contributed by atoms with Gasteiger partial charge in [-0.2, -0.15) is 0 Å². The molecule has 0 saturated carbocycles. The van der Waals surface area contributed by atoms with Gasteiger partial charge in [0, 0.05) is 10.6 Å². The van der Waals surface area contributed by atoms with Crippen LogP contribution in [0.25, 0.3) is 11.4 Å². The Morgan fingerprint density at radius 3 is 2.68 bits per heavy atom. The minimum Gasteiger partial charge on any atom is -0.467 e. The van der Waals surface area contributed by atoms with Gasteiger partial charge in [-0.3, -0.25) is 4.57 Å². The lowest BCUT2D eigenvalue weighted by molar-refractivity contribution is 0.485. The lowest BCUT2D eigenvalue weighted by atomic mass is 10.2. The number of halogens is 2. The van der Waals surface area contributed by atoms with E-state index in [1.165, 1.54) is 6.33 Å². The first kappa shape index (κ1) is 18.6. The minimum atomic E-state index is -0.435. The largest absolute Gasteiger partial charge is 0.467 e. The Balaban J connectivity index is 1.75. The van der Waals surface area contributed by atoms with Gasteiger partial charge in [-0.05, 0) is 54.6 Å². The molecule has 3 heterocycles. The van der Waals surface area contributed by atoms with Gasteiger partial charge >= 0.3 is 0 Å². The molecule has 28 heavy (non-hydrogen) atoms. The van der Waals surface area contributed by atoms with E-state index in [1.54, 1.807) is 18.4 Å². The number of hydrogen-bond acceptors (Lipinski definition) is 6. The van der Waals surface area contributed by atoms with E-state index in [0.717, 1.165) is 23.1 Å². The molecule has 0 atom stereocenters. The lowest BCUT2D eigenvalue weighted by Gasteiger charge is -2.09. The second-order valence-electron chi connectivity index (χ2n) is 5.87. The Morgan fingerprint density at radius 1 is 1.14 bits per heavy atom. The molecule has 0 amide bonds. The third-order valence-electron chi connectivity index (χ3n) is 4.07. The van der Waals surface area contributed by atoms with Crippen molar-refractivity contribution in [3.8, 4) is 11.4 Å². The highest BCUT2D eigenvalue weighted by molar-refractivity contribution is 7.99. The van der Waals surface area contributed by atoms with Crippen molar-refractivity contribution in [3.63, 3.8) is 0 Å². The SMILES string of the molecule is CCc1ncnc(Sc2nnc(-c3ccc(Cl)cc3)n2Cc2ccco2)c1F. The van der Waals surface area contributed by atoms with Crippen molar-refractivity contribution in [2.45, 2.75) is 30.1 Å². The predicted octanol–water partition coefficient (Wildman–Crippen LogP) is 4.88. The van der Waals surface area contributed by atoms with E-state index < -0.39 is 5.82 Å². The van der Waals surface area contributed by atoms with E-state index >= 15 is 0 Å². The van der Waals surface area contributed by atoms with Gasteiger partial charge in [-0.25, -0.2) is 14.4 Å². The Labute approximate surface area is 169 Å².